The zero-order valence-corrected chi connectivity index (χ0v) is 34.1. The molecule has 20 atom stereocenters. The smallest absolute Gasteiger partial charge is 0.335 e. The summed E-state index contributed by atoms with van der Waals surface area (Å²) >= 11 is 0. The molecule has 0 aromatic carbocycles. The Labute approximate surface area is 330 Å². The quantitative estimate of drug-likeness (QED) is 0.132. The van der Waals surface area contributed by atoms with E-state index in [1.54, 1.807) is 0 Å². The van der Waals surface area contributed by atoms with Gasteiger partial charge < -0.3 is 64.9 Å². The fraction of sp³-hybridized carbons (Fsp3) is 0.929. The zero-order chi connectivity index (χ0) is 41.1. The van der Waals surface area contributed by atoms with Gasteiger partial charge in [0, 0.05) is 10.8 Å². The van der Waals surface area contributed by atoms with Crippen molar-refractivity contribution in [1.29, 1.82) is 0 Å². The Hall–Kier alpha value is -1.27. The molecule has 2 saturated heterocycles. The minimum atomic E-state index is -1.97. The fourth-order valence-corrected chi connectivity index (χ4v) is 13.7. The molecule has 0 bridgehead atoms. The van der Waals surface area contributed by atoms with Crippen molar-refractivity contribution in [2.45, 2.75) is 180 Å². The largest absolute Gasteiger partial charge is 0.479 e. The lowest BCUT2D eigenvalue weighted by atomic mass is 9.33. The number of fused-ring (bicyclic) bond motifs is 7. The first-order valence-corrected chi connectivity index (χ1v) is 20.9. The van der Waals surface area contributed by atoms with Gasteiger partial charge in [0.05, 0.1) is 25.4 Å². The lowest BCUT2D eigenvalue weighted by Gasteiger charge is -2.72. The Morgan fingerprint density at radius 2 is 1.45 bits per heavy atom. The highest BCUT2D eigenvalue weighted by Gasteiger charge is 2.69. The number of rotatable bonds is 7. The van der Waals surface area contributed by atoms with Crippen LogP contribution in [0.2, 0.25) is 0 Å². The Balaban J connectivity index is 1.17. The van der Waals surface area contributed by atoms with Crippen LogP contribution in [0.5, 0.6) is 0 Å². The van der Waals surface area contributed by atoms with Crippen LogP contribution in [0.1, 0.15) is 106 Å². The maximum atomic E-state index is 12.2. The summed E-state index contributed by atoms with van der Waals surface area (Å²) in [5.74, 6) is -0.954. The number of carboxylic acids is 1. The van der Waals surface area contributed by atoms with Crippen molar-refractivity contribution in [1.82, 2.24) is 0 Å². The lowest BCUT2D eigenvalue weighted by molar-refractivity contribution is -0.375. The predicted molar refractivity (Wildman–Crippen MR) is 199 cm³/mol. The van der Waals surface area contributed by atoms with E-state index in [2.05, 4.69) is 47.6 Å². The molecule has 14 nitrogen and oxygen atoms in total. The number of ether oxygens (including phenoxy) is 4. The van der Waals surface area contributed by atoms with Gasteiger partial charge >= 0.3 is 5.97 Å². The second-order valence-electron chi connectivity index (χ2n) is 20.8. The zero-order valence-electron chi connectivity index (χ0n) is 34.1. The molecule has 6 fully saturated rings. The molecule has 7 aliphatic rings. The topological polar surface area (TPSA) is 236 Å². The van der Waals surface area contributed by atoms with Gasteiger partial charge in [0.25, 0.3) is 0 Å². The number of allylic oxidation sites excluding steroid dienone is 2. The first-order valence-electron chi connectivity index (χ1n) is 20.9. The molecule has 5 aliphatic carbocycles. The molecule has 0 aromatic heterocycles. The predicted octanol–water partition coefficient (Wildman–Crippen LogP) is 1.85. The van der Waals surface area contributed by atoms with Crippen LogP contribution in [-0.2, 0) is 23.7 Å². The molecule has 4 saturated carbocycles. The van der Waals surface area contributed by atoms with Crippen LogP contribution in [0, 0.1) is 50.2 Å². The molecular weight excluding hydrogens is 728 g/mol. The van der Waals surface area contributed by atoms with Crippen molar-refractivity contribution < 1.29 is 69.7 Å². The van der Waals surface area contributed by atoms with E-state index in [9.17, 15) is 50.8 Å². The van der Waals surface area contributed by atoms with Crippen LogP contribution >= 0.6 is 0 Å². The van der Waals surface area contributed by atoms with E-state index >= 15 is 0 Å². The average molecular weight is 797 g/mol. The van der Waals surface area contributed by atoms with Crippen molar-refractivity contribution in [3.05, 3.63) is 11.6 Å². The van der Waals surface area contributed by atoms with Crippen molar-refractivity contribution in [2.75, 3.05) is 13.2 Å². The number of aliphatic hydroxyl groups is 8. The van der Waals surface area contributed by atoms with E-state index in [1.165, 1.54) is 5.57 Å². The molecule has 0 amide bonds. The summed E-state index contributed by atoms with van der Waals surface area (Å²) in [4.78, 5) is 12.2. The molecule has 320 valence electrons. The first-order chi connectivity index (χ1) is 26.0. The number of hydrogen-bond acceptors (Lipinski definition) is 13. The first kappa shape index (κ1) is 42.8. The Morgan fingerprint density at radius 1 is 0.750 bits per heavy atom. The molecule has 56 heavy (non-hydrogen) atoms. The molecule has 0 radical (unpaired) electrons. The highest BCUT2D eigenvalue weighted by Crippen LogP contribution is 2.76. The fourth-order valence-electron chi connectivity index (χ4n) is 13.7. The van der Waals surface area contributed by atoms with Gasteiger partial charge in [-0.3, -0.25) is 0 Å². The third kappa shape index (κ3) is 6.21. The Kier molecular flexibility index (Phi) is 11.0. The molecular formula is C42H68O14. The number of carboxylic acid groups (broad SMARTS) is 1. The van der Waals surface area contributed by atoms with Crippen molar-refractivity contribution >= 4 is 5.97 Å². The number of aliphatic hydroxyl groups excluding tert-OH is 8. The molecule has 0 aromatic rings. The van der Waals surface area contributed by atoms with Crippen molar-refractivity contribution in [3.63, 3.8) is 0 Å². The van der Waals surface area contributed by atoms with E-state index in [0.717, 1.165) is 51.4 Å². The van der Waals surface area contributed by atoms with E-state index in [1.807, 2.05) is 6.92 Å². The van der Waals surface area contributed by atoms with Crippen molar-refractivity contribution in [3.8, 4) is 0 Å². The summed E-state index contributed by atoms with van der Waals surface area (Å²) in [6, 6.07) is 0. The molecule has 7 rings (SSSR count). The summed E-state index contributed by atoms with van der Waals surface area (Å²) in [5, 5.41) is 96.0. The highest BCUT2D eigenvalue weighted by atomic mass is 16.8. The summed E-state index contributed by atoms with van der Waals surface area (Å²) in [6.07, 6.45) is -8.23. The molecule has 2 heterocycles. The van der Waals surface area contributed by atoms with Gasteiger partial charge in [-0.15, -0.1) is 0 Å². The van der Waals surface area contributed by atoms with Gasteiger partial charge in [-0.25, -0.2) is 4.79 Å². The van der Waals surface area contributed by atoms with Gasteiger partial charge in [0.15, 0.2) is 18.7 Å². The Bertz CT molecular complexity index is 1520. The SMILES string of the molecule is CC1(C)C[C@@H]2C3=CCC4[C@@]5(C)CCC(O[C@@H]6O[C@H](C(=O)O)[C@H](O)[C@H](O)[C@H]6O[C@@H]6O[C@H](CO)[C@H](O)[C@H](O)[C@H]6O)C(C)(CO)C5CC[C@@]4(C)[C@]3(C)CC[C@@]2(C)[C@@H](O)C1. The standard InChI is InChI=1S/C42H68O14/c1-37(2)16-21-20-8-9-24-39(4)12-11-26(40(5,19-44)23(39)10-13-42(24,7)41(20,6)15-14-38(21,3)25(45)17-37)54-36-33(30(49)29(48)32(55-36)34(51)52)56-35-31(50)28(47)27(46)22(18-43)53-35/h8,21-33,35-36,43-50H,9-19H2,1-7H3,(H,51,52)/t21-,22-,23?,24?,25+,26?,27+,28+,29-,30+,31-,32+,33-,35+,36-,38-,39+,40?,41-,42-/m1/s1. The van der Waals surface area contributed by atoms with E-state index in [4.69, 9.17) is 18.9 Å². The normalized spacial score (nSPS) is 55.5. The average Bonchev–Trinajstić information content (AvgIpc) is 3.13. The van der Waals surface area contributed by atoms with Crippen LogP contribution in [0.4, 0.5) is 0 Å². The summed E-state index contributed by atoms with van der Waals surface area (Å²) in [6.45, 7) is 15.2. The van der Waals surface area contributed by atoms with Gasteiger partial charge in [-0.2, -0.15) is 0 Å². The maximum absolute atomic E-state index is 12.2. The molecule has 0 spiro atoms. The highest BCUT2D eigenvalue weighted by molar-refractivity contribution is 5.73. The van der Waals surface area contributed by atoms with E-state index in [0.29, 0.717) is 18.3 Å². The number of carbonyl (C=O) groups is 1. The van der Waals surface area contributed by atoms with Crippen LogP contribution in [0.3, 0.4) is 0 Å². The minimum Gasteiger partial charge on any atom is -0.479 e. The number of hydrogen-bond donors (Lipinski definition) is 9. The summed E-state index contributed by atoms with van der Waals surface area (Å²) < 4.78 is 23.8. The van der Waals surface area contributed by atoms with Crippen LogP contribution in [0.25, 0.3) is 0 Å². The second kappa shape index (κ2) is 14.4. The minimum absolute atomic E-state index is 0.0149. The van der Waals surface area contributed by atoms with Gasteiger partial charge in [-0.1, -0.05) is 60.1 Å². The second-order valence-corrected chi connectivity index (χ2v) is 20.8. The Morgan fingerprint density at radius 3 is 2.09 bits per heavy atom. The lowest BCUT2D eigenvalue weighted by Crippen LogP contribution is -2.68. The molecule has 2 aliphatic heterocycles. The molecule has 14 heteroatoms. The maximum Gasteiger partial charge on any atom is 0.335 e. The van der Waals surface area contributed by atoms with Gasteiger partial charge in [0.2, 0.25) is 0 Å². The molecule has 4 unspecified atom stereocenters. The van der Waals surface area contributed by atoms with Crippen LogP contribution < -0.4 is 0 Å². The summed E-state index contributed by atoms with van der Waals surface area (Å²) in [7, 11) is 0. The van der Waals surface area contributed by atoms with E-state index < -0.39 is 85.5 Å². The monoisotopic (exact) mass is 796 g/mol. The van der Waals surface area contributed by atoms with E-state index in [-0.39, 0.29) is 45.7 Å². The number of aliphatic carboxylic acids is 1. The molecule has 9 N–H and O–H groups in total. The third-order valence-corrected chi connectivity index (χ3v) is 17.4. The van der Waals surface area contributed by atoms with Gasteiger partial charge in [-0.05, 0) is 97.2 Å². The van der Waals surface area contributed by atoms with Crippen LogP contribution in [0.15, 0.2) is 11.6 Å². The summed E-state index contributed by atoms with van der Waals surface area (Å²) in [5.41, 5.74) is 0.271. The van der Waals surface area contributed by atoms with Crippen LogP contribution in [-0.4, -0.2) is 139 Å². The third-order valence-electron chi connectivity index (χ3n) is 17.4. The van der Waals surface area contributed by atoms with Gasteiger partial charge in [0.1, 0.15) is 42.7 Å². The van der Waals surface area contributed by atoms with Crippen molar-refractivity contribution in [2.24, 2.45) is 50.2 Å².